The number of carboxylic acids is 1. The summed E-state index contributed by atoms with van der Waals surface area (Å²) in [5.41, 5.74) is 0. The normalized spacial score (nSPS) is 14.3. The number of carboxylic acid groups (broad SMARTS) is 1. The molecule has 2 nitrogen and oxygen atoms in total. The fraction of sp³-hybridized carbons (Fsp3) is 0.968. The van der Waals surface area contributed by atoms with Crippen LogP contribution >= 0.6 is 0 Å². The molecule has 0 aliphatic heterocycles. The van der Waals surface area contributed by atoms with Crippen LogP contribution in [-0.4, -0.2) is 11.1 Å². The van der Waals surface area contributed by atoms with Gasteiger partial charge in [-0.25, -0.2) is 0 Å². The maximum absolute atomic E-state index is 11.0. The van der Waals surface area contributed by atoms with E-state index in [1.165, 1.54) is 141 Å². The molecule has 0 fully saturated rings. The summed E-state index contributed by atoms with van der Waals surface area (Å²) in [6.45, 7) is 8.69. The maximum Gasteiger partial charge on any atom is 0.306 e. The van der Waals surface area contributed by atoms with Gasteiger partial charge in [0.1, 0.15) is 0 Å². The van der Waals surface area contributed by atoms with Crippen molar-refractivity contribution >= 4 is 5.97 Å². The largest absolute Gasteiger partial charge is 0.481 e. The number of hydrogen-bond acceptors (Lipinski definition) is 1. The highest BCUT2D eigenvalue weighted by molar-refractivity contribution is 5.69. The molecule has 0 aliphatic rings. The van der Waals surface area contributed by atoms with E-state index in [1.807, 2.05) is 6.92 Å². The van der Waals surface area contributed by atoms with Crippen molar-refractivity contribution in [1.82, 2.24) is 0 Å². The molecule has 0 radical (unpaired) electrons. The van der Waals surface area contributed by atoms with Gasteiger partial charge in [0.15, 0.2) is 0 Å². The zero-order chi connectivity index (χ0) is 24.6. The minimum absolute atomic E-state index is 0.202. The van der Waals surface area contributed by atoms with Crippen LogP contribution in [0.2, 0.25) is 0 Å². The van der Waals surface area contributed by atoms with Crippen LogP contribution in [0.1, 0.15) is 175 Å². The Kier molecular flexibility index (Phi) is 24.2. The van der Waals surface area contributed by atoms with E-state index < -0.39 is 5.97 Å². The molecular formula is C31H62O2. The van der Waals surface area contributed by atoms with Gasteiger partial charge in [0.25, 0.3) is 0 Å². The van der Waals surface area contributed by atoms with Crippen LogP contribution < -0.4 is 0 Å². The lowest BCUT2D eigenvalue weighted by atomic mass is 9.87. The zero-order valence-electron chi connectivity index (χ0n) is 23.4. The van der Waals surface area contributed by atoms with Crippen molar-refractivity contribution in [3.63, 3.8) is 0 Å². The highest BCUT2D eigenvalue weighted by atomic mass is 16.4. The van der Waals surface area contributed by atoms with Crippen LogP contribution in [0.25, 0.3) is 0 Å². The number of rotatable bonds is 26. The van der Waals surface area contributed by atoms with Gasteiger partial charge in [-0.15, -0.1) is 0 Å². The monoisotopic (exact) mass is 466 g/mol. The molecule has 0 rings (SSSR count). The second kappa shape index (κ2) is 24.6. The Morgan fingerprint density at radius 2 is 0.848 bits per heavy atom. The lowest BCUT2D eigenvalue weighted by Crippen LogP contribution is -2.14. The highest BCUT2D eigenvalue weighted by Gasteiger charge is 2.16. The van der Waals surface area contributed by atoms with Crippen LogP contribution in [0.15, 0.2) is 0 Å². The molecule has 0 spiro atoms. The summed E-state index contributed by atoms with van der Waals surface area (Å²) in [7, 11) is 0. The Balaban J connectivity index is 3.24. The molecule has 3 atom stereocenters. The Morgan fingerprint density at radius 1 is 0.515 bits per heavy atom. The molecule has 0 aromatic rings. The summed E-state index contributed by atoms with van der Waals surface area (Å²) < 4.78 is 0. The Morgan fingerprint density at radius 3 is 1.18 bits per heavy atom. The van der Waals surface area contributed by atoms with Gasteiger partial charge in [-0.3, -0.25) is 4.79 Å². The van der Waals surface area contributed by atoms with E-state index in [0.717, 1.165) is 12.3 Å². The maximum atomic E-state index is 11.0. The second-order valence-corrected chi connectivity index (χ2v) is 11.4. The fourth-order valence-corrected chi connectivity index (χ4v) is 5.35. The summed E-state index contributed by atoms with van der Waals surface area (Å²) >= 11 is 0. The summed E-state index contributed by atoms with van der Waals surface area (Å²) in [6.07, 6.45) is 32.0. The zero-order valence-corrected chi connectivity index (χ0v) is 23.4. The van der Waals surface area contributed by atoms with Crippen molar-refractivity contribution in [3.8, 4) is 0 Å². The third-order valence-electron chi connectivity index (χ3n) is 7.53. The first-order valence-electron chi connectivity index (χ1n) is 15.2. The number of carbonyl (C=O) groups is 1. The number of unbranched alkanes of at least 4 members (excludes halogenated alkanes) is 19. The molecular weight excluding hydrogens is 404 g/mol. The molecule has 0 amide bonds. The van der Waals surface area contributed by atoms with Gasteiger partial charge in [0.2, 0.25) is 0 Å². The van der Waals surface area contributed by atoms with E-state index in [4.69, 9.17) is 5.11 Å². The van der Waals surface area contributed by atoms with Gasteiger partial charge >= 0.3 is 5.97 Å². The smallest absolute Gasteiger partial charge is 0.306 e. The summed E-state index contributed by atoms with van der Waals surface area (Å²) in [6, 6.07) is 0. The van der Waals surface area contributed by atoms with Crippen molar-refractivity contribution in [2.24, 2.45) is 17.8 Å². The number of aliphatic carboxylic acids is 1. The molecule has 0 aromatic heterocycles. The van der Waals surface area contributed by atoms with Gasteiger partial charge in [0.05, 0.1) is 5.92 Å². The second-order valence-electron chi connectivity index (χ2n) is 11.4. The average Bonchev–Trinajstić information content (AvgIpc) is 2.77. The quantitative estimate of drug-likeness (QED) is 0.129. The third-order valence-corrected chi connectivity index (χ3v) is 7.53. The lowest BCUT2D eigenvalue weighted by Gasteiger charge is -2.19. The summed E-state index contributed by atoms with van der Waals surface area (Å²) in [5.74, 6) is 0.406. The van der Waals surface area contributed by atoms with Crippen molar-refractivity contribution in [2.45, 2.75) is 175 Å². The van der Waals surface area contributed by atoms with Gasteiger partial charge in [-0.1, -0.05) is 163 Å². The summed E-state index contributed by atoms with van der Waals surface area (Å²) in [4.78, 5) is 11.0. The minimum atomic E-state index is -0.649. The molecule has 198 valence electrons. The topological polar surface area (TPSA) is 37.3 Å². The molecule has 0 heterocycles. The summed E-state index contributed by atoms with van der Waals surface area (Å²) in [5, 5.41) is 9.05. The van der Waals surface area contributed by atoms with Gasteiger partial charge in [-0.2, -0.15) is 0 Å². The van der Waals surface area contributed by atoms with E-state index in [2.05, 4.69) is 20.8 Å². The van der Waals surface area contributed by atoms with Crippen LogP contribution in [0.5, 0.6) is 0 Å². The molecule has 3 unspecified atom stereocenters. The number of hydrogen-bond donors (Lipinski definition) is 1. The van der Waals surface area contributed by atoms with Crippen LogP contribution in [0.3, 0.4) is 0 Å². The fourth-order valence-electron chi connectivity index (χ4n) is 5.35. The molecule has 1 N–H and O–H groups in total. The van der Waals surface area contributed by atoms with Gasteiger partial charge in [0, 0.05) is 0 Å². The van der Waals surface area contributed by atoms with E-state index in [-0.39, 0.29) is 5.92 Å². The highest BCUT2D eigenvalue weighted by Crippen LogP contribution is 2.24. The first-order chi connectivity index (χ1) is 16.0. The van der Waals surface area contributed by atoms with E-state index >= 15 is 0 Å². The minimum Gasteiger partial charge on any atom is -0.481 e. The average molecular weight is 467 g/mol. The Bertz CT molecular complexity index is 406. The van der Waals surface area contributed by atoms with E-state index in [1.54, 1.807) is 0 Å². The third kappa shape index (κ3) is 24.4. The predicted molar refractivity (Wildman–Crippen MR) is 147 cm³/mol. The molecule has 33 heavy (non-hydrogen) atoms. The standard InChI is InChI=1S/C31H62O2/c1-5-6-7-8-9-10-11-12-13-14-15-16-17-18-19-20-21-22-23-24-25-28(2)26-29(3)27-30(4)31(32)33/h28-30H,5-27H2,1-4H3,(H,32,33). The molecule has 0 aliphatic carbocycles. The van der Waals surface area contributed by atoms with E-state index in [0.29, 0.717) is 5.92 Å². The van der Waals surface area contributed by atoms with Crippen molar-refractivity contribution in [3.05, 3.63) is 0 Å². The first kappa shape index (κ1) is 32.5. The Hall–Kier alpha value is -0.530. The molecule has 0 saturated heterocycles. The van der Waals surface area contributed by atoms with E-state index in [9.17, 15) is 4.79 Å². The molecule has 0 aromatic carbocycles. The van der Waals surface area contributed by atoms with Crippen LogP contribution in [0.4, 0.5) is 0 Å². The van der Waals surface area contributed by atoms with Crippen molar-refractivity contribution < 1.29 is 9.90 Å². The SMILES string of the molecule is CCCCCCCCCCCCCCCCCCCCCCC(C)CC(C)CC(C)C(=O)O. The van der Waals surface area contributed by atoms with Crippen LogP contribution in [0, 0.1) is 17.8 Å². The first-order valence-corrected chi connectivity index (χ1v) is 15.2. The van der Waals surface area contributed by atoms with Crippen molar-refractivity contribution in [1.29, 1.82) is 0 Å². The van der Waals surface area contributed by atoms with Crippen molar-refractivity contribution in [2.75, 3.05) is 0 Å². The predicted octanol–water partition coefficient (Wildman–Crippen LogP) is 11.0. The lowest BCUT2D eigenvalue weighted by molar-refractivity contribution is -0.141. The molecule has 0 saturated carbocycles. The van der Waals surface area contributed by atoms with Crippen LogP contribution in [-0.2, 0) is 4.79 Å². The molecule has 0 bridgehead atoms. The Labute approximate surface area is 209 Å². The van der Waals surface area contributed by atoms with Gasteiger partial charge in [-0.05, 0) is 24.7 Å². The van der Waals surface area contributed by atoms with Gasteiger partial charge < -0.3 is 5.11 Å². The molecule has 2 heteroatoms.